The molecule has 3 N–H and O–H groups in total. The third-order valence-corrected chi connectivity index (χ3v) is 5.55. The molecule has 6 nitrogen and oxygen atoms in total. The predicted octanol–water partition coefficient (Wildman–Crippen LogP) is 6.11. The Bertz CT molecular complexity index is 1050. The summed E-state index contributed by atoms with van der Waals surface area (Å²) in [7, 11) is 0. The van der Waals surface area contributed by atoms with Crippen molar-refractivity contribution >= 4 is 17.6 Å². The van der Waals surface area contributed by atoms with Gasteiger partial charge in [0.15, 0.2) is 0 Å². The molecule has 0 radical (unpaired) electrons. The summed E-state index contributed by atoms with van der Waals surface area (Å²) in [6.07, 6.45) is 5.97. The van der Waals surface area contributed by atoms with Crippen molar-refractivity contribution in [3.63, 3.8) is 0 Å². The van der Waals surface area contributed by atoms with E-state index in [-0.39, 0.29) is 12.0 Å². The summed E-state index contributed by atoms with van der Waals surface area (Å²) in [5.41, 5.74) is 9.55. The van der Waals surface area contributed by atoms with E-state index < -0.39 is 0 Å². The van der Waals surface area contributed by atoms with Gasteiger partial charge in [0, 0.05) is 23.0 Å². The van der Waals surface area contributed by atoms with E-state index in [4.69, 9.17) is 26.8 Å². The van der Waals surface area contributed by atoms with Crippen LogP contribution in [0.25, 0.3) is 11.3 Å². The van der Waals surface area contributed by atoms with Gasteiger partial charge in [-0.1, -0.05) is 56.5 Å². The first kappa shape index (κ1) is 24.8. The molecule has 0 spiro atoms. The van der Waals surface area contributed by atoms with E-state index in [2.05, 4.69) is 23.8 Å². The molecule has 0 saturated heterocycles. The molecule has 1 aromatic heterocycles. The Labute approximate surface area is 200 Å². The maximum atomic E-state index is 12.7. The van der Waals surface area contributed by atoms with Crippen LogP contribution < -0.4 is 10.5 Å². The van der Waals surface area contributed by atoms with E-state index >= 15 is 0 Å². The molecule has 33 heavy (non-hydrogen) atoms. The highest BCUT2D eigenvalue weighted by Crippen LogP contribution is 2.27. The van der Waals surface area contributed by atoms with Crippen molar-refractivity contribution in [2.75, 3.05) is 13.2 Å². The van der Waals surface area contributed by atoms with Crippen LogP contribution in [0.15, 0.2) is 48.7 Å². The van der Waals surface area contributed by atoms with E-state index in [0.717, 1.165) is 48.3 Å². The molecule has 0 aliphatic heterocycles. The van der Waals surface area contributed by atoms with Gasteiger partial charge in [0.25, 0.3) is 0 Å². The number of aromatic nitrogens is 2. The number of rotatable bonds is 12. The molecular weight excluding hydrogens is 438 g/mol. The zero-order chi connectivity index (χ0) is 23.6. The number of H-pyrrole nitrogens is 1. The summed E-state index contributed by atoms with van der Waals surface area (Å²) in [6, 6.07) is 12.7. The van der Waals surface area contributed by atoms with Gasteiger partial charge < -0.3 is 20.2 Å². The van der Waals surface area contributed by atoms with Crippen molar-refractivity contribution in [1.29, 1.82) is 0 Å². The topological polar surface area (TPSA) is 90.2 Å². The number of benzene rings is 2. The van der Waals surface area contributed by atoms with Crippen LogP contribution in [0.1, 0.15) is 67.3 Å². The van der Waals surface area contributed by atoms with Crippen molar-refractivity contribution in [3.05, 3.63) is 70.6 Å². The third-order valence-electron chi connectivity index (χ3n) is 5.32. The number of carbonyl (C=O) groups is 1. The van der Waals surface area contributed by atoms with Gasteiger partial charge in [-0.15, -0.1) is 0 Å². The van der Waals surface area contributed by atoms with Crippen LogP contribution >= 0.6 is 11.6 Å². The smallest absolute Gasteiger partial charge is 0.341 e. The van der Waals surface area contributed by atoms with Crippen molar-refractivity contribution in [2.45, 2.75) is 52.0 Å². The highest BCUT2D eigenvalue weighted by atomic mass is 35.5. The Kier molecular flexibility index (Phi) is 9.34. The molecule has 0 amide bonds. The number of ether oxygens (including phenoxy) is 2. The average molecular weight is 470 g/mol. The van der Waals surface area contributed by atoms with Crippen LogP contribution in [-0.2, 0) is 11.2 Å². The molecule has 2 aromatic carbocycles. The van der Waals surface area contributed by atoms with E-state index in [0.29, 0.717) is 36.0 Å². The third kappa shape index (κ3) is 7.07. The first-order valence-electron chi connectivity index (χ1n) is 11.5. The van der Waals surface area contributed by atoms with E-state index in [1.165, 1.54) is 0 Å². The Morgan fingerprint density at radius 1 is 1.12 bits per heavy atom. The maximum absolute atomic E-state index is 12.7. The van der Waals surface area contributed by atoms with Gasteiger partial charge in [-0.2, -0.15) is 0 Å². The zero-order valence-corrected chi connectivity index (χ0v) is 20.0. The van der Waals surface area contributed by atoms with Crippen LogP contribution in [0, 0.1) is 0 Å². The van der Waals surface area contributed by atoms with Gasteiger partial charge in [0.1, 0.15) is 17.1 Å². The van der Waals surface area contributed by atoms with E-state index in [1.54, 1.807) is 18.3 Å². The Hall–Kier alpha value is -2.83. The lowest BCUT2D eigenvalue weighted by Crippen LogP contribution is -2.16. The summed E-state index contributed by atoms with van der Waals surface area (Å²) in [5.74, 6) is 0.903. The fourth-order valence-corrected chi connectivity index (χ4v) is 3.56. The zero-order valence-electron chi connectivity index (χ0n) is 19.3. The summed E-state index contributed by atoms with van der Waals surface area (Å²) in [6.45, 7) is 5.09. The summed E-state index contributed by atoms with van der Waals surface area (Å²) in [4.78, 5) is 20.5. The molecule has 1 heterocycles. The van der Waals surface area contributed by atoms with Crippen LogP contribution in [0.5, 0.6) is 5.75 Å². The maximum Gasteiger partial charge on any atom is 0.341 e. The Morgan fingerprint density at radius 3 is 2.67 bits per heavy atom. The number of hydrogen-bond acceptors (Lipinski definition) is 5. The number of halogens is 1. The van der Waals surface area contributed by atoms with Crippen molar-refractivity contribution < 1.29 is 14.3 Å². The lowest BCUT2D eigenvalue weighted by atomic mass is 10.0. The predicted molar refractivity (Wildman–Crippen MR) is 132 cm³/mol. The molecule has 0 saturated carbocycles. The Balaban J connectivity index is 1.75. The number of nitrogens with zero attached hydrogens (tertiary/aromatic N) is 1. The number of aromatic amines is 1. The van der Waals surface area contributed by atoms with Crippen molar-refractivity contribution in [2.24, 2.45) is 5.73 Å². The van der Waals surface area contributed by atoms with Crippen LogP contribution in [0.2, 0.25) is 5.02 Å². The summed E-state index contributed by atoms with van der Waals surface area (Å²) in [5, 5.41) is 0.667. The number of nitrogens with one attached hydrogen (secondary N) is 1. The normalized spacial score (nSPS) is 11.9. The highest BCUT2D eigenvalue weighted by Gasteiger charge is 2.18. The largest absolute Gasteiger partial charge is 0.493 e. The first-order chi connectivity index (χ1) is 16.0. The lowest BCUT2D eigenvalue weighted by molar-refractivity contribution is 0.0495. The fourth-order valence-electron chi connectivity index (χ4n) is 3.37. The van der Waals surface area contributed by atoms with E-state index in [9.17, 15) is 4.79 Å². The molecule has 1 unspecified atom stereocenters. The average Bonchev–Trinajstić information content (AvgIpc) is 3.28. The molecule has 176 valence electrons. The van der Waals surface area contributed by atoms with E-state index in [1.807, 2.05) is 30.3 Å². The molecule has 0 bridgehead atoms. The van der Waals surface area contributed by atoms with Gasteiger partial charge in [0.05, 0.1) is 25.1 Å². The lowest BCUT2D eigenvalue weighted by Gasteiger charge is -2.16. The number of carbonyl (C=O) groups excluding carboxylic acids is 1. The number of unbranched alkanes of at least 4 members (excludes halogenated alkanes) is 2. The summed E-state index contributed by atoms with van der Waals surface area (Å²) < 4.78 is 11.3. The summed E-state index contributed by atoms with van der Waals surface area (Å²) >= 11 is 6.10. The second kappa shape index (κ2) is 12.4. The molecule has 0 aliphatic carbocycles. The minimum Gasteiger partial charge on any atom is -0.493 e. The second-order valence-electron chi connectivity index (χ2n) is 8.01. The second-order valence-corrected chi connectivity index (χ2v) is 8.45. The van der Waals surface area contributed by atoms with Gasteiger partial charge in [-0.05, 0) is 42.7 Å². The van der Waals surface area contributed by atoms with Gasteiger partial charge in [-0.25, -0.2) is 9.78 Å². The van der Waals surface area contributed by atoms with Gasteiger partial charge >= 0.3 is 5.97 Å². The fraction of sp³-hybridized carbons (Fsp3) is 0.385. The number of nitrogens with two attached hydrogens (primary N) is 1. The standard InChI is InChI=1S/C26H32ClN3O3/c1-3-5-12-32-24-11-10-18(15-21(24)26(31)33-13-6-4-2)22(28)16-25-29-17-23(30-25)19-8-7-9-20(27)14-19/h7-11,14-15,17,22H,3-6,12-13,16,28H2,1-2H3,(H,29,30). The minimum absolute atomic E-state index is 0.352. The highest BCUT2D eigenvalue weighted by molar-refractivity contribution is 6.30. The quantitative estimate of drug-likeness (QED) is 0.247. The number of hydrogen-bond donors (Lipinski definition) is 2. The van der Waals surface area contributed by atoms with Gasteiger partial charge in [-0.3, -0.25) is 0 Å². The molecule has 0 aliphatic rings. The molecule has 3 aromatic rings. The molecule has 7 heteroatoms. The minimum atomic E-state index is -0.384. The number of imidazole rings is 1. The van der Waals surface area contributed by atoms with Crippen molar-refractivity contribution in [1.82, 2.24) is 9.97 Å². The van der Waals surface area contributed by atoms with Crippen LogP contribution in [0.3, 0.4) is 0 Å². The molecule has 1 atom stereocenters. The monoisotopic (exact) mass is 469 g/mol. The van der Waals surface area contributed by atoms with Crippen LogP contribution in [0.4, 0.5) is 0 Å². The molecule has 0 fully saturated rings. The van der Waals surface area contributed by atoms with Gasteiger partial charge in [0.2, 0.25) is 0 Å². The van der Waals surface area contributed by atoms with Crippen LogP contribution in [-0.4, -0.2) is 29.2 Å². The first-order valence-corrected chi connectivity index (χ1v) is 11.9. The van der Waals surface area contributed by atoms with Crippen molar-refractivity contribution in [3.8, 4) is 17.0 Å². The number of esters is 1. The SMILES string of the molecule is CCCCOC(=O)c1cc(C(N)Cc2ncc(-c3cccc(Cl)c3)[nH]2)ccc1OCCCC. The molecular formula is C26H32ClN3O3. The Morgan fingerprint density at radius 2 is 1.91 bits per heavy atom. The molecule has 3 rings (SSSR count).